The van der Waals surface area contributed by atoms with Gasteiger partial charge in [0.2, 0.25) is 0 Å². The van der Waals surface area contributed by atoms with Gasteiger partial charge in [-0.1, -0.05) is 15.9 Å². The molecule has 0 saturated carbocycles. The highest BCUT2D eigenvalue weighted by atomic mass is 79.9. The van der Waals surface area contributed by atoms with Crippen LogP contribution in [0.2, 0.25) is 0 Å². The van der Waals surface area contributed by atoms with Crippen molar-refractivity contribution in [3.63, 3.8) is 0 Å². The average Bonchev–Trinajstić information content (AvgIpc) is 2.34. The van der Waals surface area contributed by atoms with Gasteiger partial charge in [-0.05, 0) is 56.5 Å². The first-order chi connectivity index (χ1) is 8.97. The fourth-order valence-electron chi connectivity index (χ4n) is 2.85. The number of aryl methyl sites for hydroxylation is 2. The van der Waals surface area contributed by atoms with Gasteiger partial charge in [0.05, 0.1) is 0 Å². The molecule has 1 saturated heterocycles. The standard InChI is InChI=1S/C16H25BrN2/c1-12(2)19-7-5-18(6-8-19)11-16-13(3)9-15(17)10-14(16)4/h9-10,12H,5-8,11H2,1-4H3. The van der Waals surface area contributed by atoms with Crippen LogP contribution in [0.25, 0.3) is 0 Å². The van der Waals surface area contributed by atoms with E-state index in [-0.39, 0.29) is 0 Å². The quantitative estimate of drug-likeness (QED) is 0.838. The number of halogens is 1. The third-order valence-corrected chi connectivity index (χ3v) is 4.64. The monoisotopic (exact) mass is 324 g/mol. The number of rotatable bonds is 3. The Hall–Kier alpha value is -0.380. The summed E-state index contributed by atoms with van der Waals surface area (Å²) in [6, 6.07) is 5.14. The fraction of sp³-hybridized carbons (Fsp3) is 0.625. The Morgan fingerprint density at radius 3 is 2.05 bits per heavy atom. The topological polar surface area (TPSA) is 6.48 Å². The highest BCUT2D eigenvalue weighted by molar-refractivity contribution is 9.10. The molecular weight excluding hydrogens is 300 g/mol. The van der Waals surface area contributed by atoms with Crippen molar-refractivity contribution < 1.29 is 0 Å². The van der Waals surface area contributed by atoms with Gasteiger partial charge in [0.25, 0.3) is 0 Å². The van der Waals surface area contributed by atoms with Crippen LogP contribution in [0.1, 0.15) is 30.5 Å². The molecule has 0 bridgehead atoms. The van der Waals surface area contributed by atoms with Gasteiger partial charge in [-0.2, -0.15) is 0 Å². The van der Waals surface area contributed by atoms with Crippen LogP contribution in [-0.2, 0) is 6.54 Å². The van der Waals surface area contributed by atoms with Gasteiger partial charge in [-0.25, -0.2) is 0 Å². The molecule has 0 unspecified atom stereocenters. The molecule has 1 heterocycles. The Balaban J connectivity index is 2.00. The van der Waals surface area contributed by atoms with E-state index in [0.717, 1.165) is 6.54 Å². The summed E-state index contributed by atoms with van der Waals surface area (Å²) in [5, 5.41) is 0. The van der Waals surface area contributed by atoms with Gasteiger partial charge >= 0.3 is 0 Å². The molecule has 2 nitrogen and oxygen atoms in total. The Kier molecular flexibility index (Phi) is 5.04. The summed E-state index contributed by atoms with van der Waals surface area (Å²) in [6.07, 6.45) is 0. The van der Waals surface area contributed by atoms with Gasteiger partial charge < -0.3 is 0 Å². The number of benzene rings is 1. The van der Waals surface area contributed by atoms with Gasteiger partial charge in [-0.15, -0.1) is 0 Å². The molecule has 1 aliphatic heterocycles. The van der Waals surface area contributed by atoms with Gasteiger partial charge in [0, 0.05) is 43.2 Å². The molecule has 106 valence electrons. The van der Waals surface area contributed by atoms with Crippen molar-refractivity contribution in [3.05, 3.63) is 33.3 Å². The van der Waals surface area contributed by atoms with E-state index in [1.807, 2.05) is 0 Å². The first kappa shape index (κ1) is 15.0. The van der Waals surface area contributed by atoms with E-state index in [2.05, 4.69) is 65.6 Å². The van der Waals surface area contributed by atoms with E-state index in [1.165, 1.54) is 47.3 Å². The maximum atomic E-state index is 3.58. The summed E-state index contributed by atoms with van der Waals surface area (Å²) in [7, 11) is 0. The van der Waals surface area contributed by atoms with Crippen LogP contribution in [0.5, 0.6) is 0 Å². The molecule has 1 aliphatic rings. The summed E-state index contributed by atoms with van der Waals surface area (Å²) in [5.41, 5.74) is 4.30. The van der Waals surface area contributed by atoms with Crippen LogP contribution < -0.4 is 0 Å². The minimum Gasteiger partial charge on any atom is -0.298 e. The molecule has 0 atom stereocenters. The van der Waals surface area contributed by atoms with Crippen LogP contribution in [0, 0.1) is 13.8 Å². The highest BCUT2D eigenvalue weighted by Crippen LogP contribution is 2.22. The second-order valence-electron chi connectivity index (χ2n) is 5.92. The second-order valence-corrected chi connectivity index (χ2v) is 6.84. The predicted octanol–water partition coefficient (Wildman–Crippen LogP) is 3.59. The maximum absolute atomic E-state index is 3.58. The number of piperazine rings is 1. The molecule has 19 heavy (non-hydrogen) atoms. The lowest BCUT2D eigenvalue weighted by Gasteiger charge is -2.37. The molecule has 0 amide bonds. The van der Waals surface area contributed by atoms with E-state index in [0.29, 0.717) is 6.04 Å². The van der Waals surface area contributed by atoms with E-state index in [1.54, 1.807) is 0 Å². The smallest absolute Gasteiger partial charge is 0.0240 e. The molecule has 0 radical (unpaired) electrons. The third kappa shape index (κ3) is 3.80. The lowest BCUT2D eigenvalue weighted by molar-refractivity contribution is 0.104. The maximum Gasteiger partial charge on any atom is 0.0240 e. The molecule has 1 aromatic rings. The fourth-order valence-corrected chi connectivity index (χ4v) is 3.54. The zero-order valence-corrected chi connectivity index (χ0v) is 14.1. The summed E-state index contributed by atoms with van der Waals surface area (Å²) in [6.45, 7) is 14.9. The first-order valence-corrected chi connectivity index (χ1v) is 7.98. The zero-order chi connectivity index (χ0) is 14.0. The van der Waals surface area contributed by atoms with Crippen molar-refractivity contribution in [2.45, 2.75) is 40.3 Å². The second kappa shape index (κ2) is 6.38. The lowest BCUT2D eigenvalue weighted by atomic mass is 10.0. The van der Waals surface area contributed by atoms with Crippen LogP contribution in [0.4, 0.5) is 0 Å². The van der Waals surface area contributed by atoms with Gasteiger partial charge in [0.1, 0.15) is 0 Å². The SMILES string of the molecule is Cc1cc(Br)cc(C)c1CN1CCN(C(C)C)CC1. The molecule has 1 fully saturated rings. The zero-order valence-electron chi connectivity index (χ0n) is 12.5. The van der Waals surface area contributed by atoms with Gasteiger partial charge in [-0.3, -0.25) is 9.80 Å². The largest absolute Gasteiger partial charge is 0.298 e. The minimum absolute atomic E-state index is 0.679. The Bertz CT molecular complexity index is 411. The molecule has 0 aromatic heterocycles. The third-order valence-electron chi connectivity index (χ3n) is 4.18. The number of hydrogen-bond donors (Lipinski definition) is 0. The highest BCUT2D eigenvalue weighted by Gasteiger charge is 2.19. The van der Waals surface area contributed by atoms with Crippen molar-refractivity contribution in [1.82, 2.24) is 9.80 Å². The predicted molar refractivity (Wildman–Crippen MR) is 85.6 cm³/mol. The minimum atomic E-state index is 0.679. The van der Waals surface area contributed by atoms with Crippen LogP contribution in [0.15, 0.2) is 16.6 Å². The Labute approximate surface area is 125 Å². The summed E-state index contributed by atoms with van der Waals surface area (Å²) >= 11 is 3.58. The van der Waals surface area contributed by atoms with E-state index in [9.17, 15) is 0 Å². The molecule has 0 spiro atoms. The van der Waals surface area contributed by atoms with Crippen LogP contribution in [-0.4, -0.2) is 42.0 Å². The molecule has 0 N–H and O–H groups in total. The van der Waals surface area contributed by atoms with Gasteiger partial charge in [0.15, 0.2) is 0 Å². The Morgan fingerprint density at radius 1 is 1.05 bits per heavy atom. The average molecular weight is 325 g/mol. The summed E-state index contributed by atoms with van der Waals surface area (Å²) in [5.74, 6) is 0. The van der Waals surface area contributed by atoms with Crippen molar-refractivity contribution in [1.29, 1.82) is 0 Å². The van der Waals surface area contributed by atoms with E-state index >= 15 is 0 Å². The molecule has 3 heteroatoms. The normalized spacial score (nSPS) is 18.2. The molecular formula is C16H25BrN2. The molecule has 1 aromatic carbocycles. The molecule has 0 aliphatic carbocycles. The van der Waals surface area contributed by atoms with Crippen LogP contribution >= 0.6 is 15.9 Å². The molecule has 2 rings (SSSR count). The summed E-state index contributed by atoms with van der Waals surface area (Å²) in [4.78, 5) is 5.15. The number of nitrogens with zero attached hydrogens (tertiary/aromatic N) is 2. The van der Waals surface area contributed by atoms with E-state index < -0.39 is 0 Å². The van der Waals surface area contributed by atoms with Crippen molar-refractivity contribution in [3.8, 4) is 0 Å². The lowest BCUT2D eigenvalue weighted by Crippen LogP contribution is -2.48. The number of hydrogen-bond acceptors (Lipinski definition) is 2. The first-order valence-electron chi connectivity index (χ1n) is 7.19. The summed E-state index contributed by atoms with van der Waals surface area (Å²) < 4.78 is 1.19. The van der Waals surface area contributed by atoms with Crippen molar-refractivity contribution >= 4 is 15.9 Å². The van der Waals surface area contributed by atoms with E-state index in [4.69, 9.17) is 0 Å². The Morgan fingerprint density at radius 2 is 1.58 bits per heavy atom. The van der Waals surface area contributed by atoms with Crippen LogP contribution in [0.3, 0.4) is 0 Å². The van der Waals surface area contributed by atoms with Crippen molar-refractivity contribution in [2.24, 2.45) is 0 Å². The van der Waals surface area contributed by atoms with Crippen molar-refractivity contribution in [2.75, 3.05) is 26.2 Å².